The Kier molecular flexibility index (Phi) is 4.35. The van der Waals surface area contributed by atoms with Crippen LogP contribution in [0.5, 0.6) is 0 Å². The Morgan fingerprint density at radius 3 is 1.90 bits per heavy atom. The molecule has 0 fully saturated rings. The second-order valence-electron chi connectivity index (χ2n) is 11.2. The van der Waals surface area contributed by atoms with Crippen molar-refractivity contribution in [1.82, 2.24) is 4.57 Å². The average Bonchev–Trinajstić information content (AvgIpc) is 3.76. The molecule has 0 saturated carbocycles. The Morgan fingerprint density at radius 2 is 1.10 bits per heavy atom. The fourth-order valence-corrected chi connectivity index (χ4v) is 12.0. The minimum atomic E-state index is 0.957. The molecule has 10 aromatic rings. The molecule has 0 amide bonds. The van der Waals surface area contributed by atoms with Gasteiger partial charge in [0.15, 0.2) is 5.58 Å². The zero-order chi connectivity index (χ0) is 27.1. The first kappa shape index (κ1) is 22.9. The van der Waals surface area contributed by atoms with Crippen molar-refractivity contribution >= 4 is 127 Å². The lowest BCUT2D eigenvalue weighted by Gasteiger charge is -2.08. The van der Waals surface area contributed by atoms with Gasteiger partial charge in [-0.15, -0.1) is 45.3 Å². The van der Waals surface area contributed by atoms with Crippen molar-refractivity contribution in [2.24, 2.45) is 0 Å². The Hall–Kier alpha value is -3.68. The van der Waals surface area contributed by atoms with Gasteiger partial charge in [-0.3, -0.25) is 0 Å². The van der Waals surface area contributed by atoms with Crippen LogP contribution in [0.25, 0.3) is 87.0 Å². The predicted octanol–water partition coefficient (Wildman–Crippen LogP) is 12.5. The summed E-state index contributed by atoms with van der Waals surface area (Å²) in [7, 11) is 0. The number of aryl methyl sites for hydroxylation is 3. The molecule has 2 nitrogen and oxygen atoms in total. The lowest BCUT2D eigenvalue weighted by Crippen LogP contribution is -1.93. The standard InChI is InChI=1S/C35H21NOS4/c1-16-4-8-19(9-5-16)36-28-20-10-6-17(2)12-24(20)37-30(28)33-29(36)22-14-27-23(15-26(22)38-33)32-35(40-27)34-31(41-32)21-11-7-18(3)13-25(21)39-34/h4-15H,1-3H3. The van der Waals surface area contributed by atoms with Crippen LogP contribution < -0.4 is 0 Å². The summed E-state index contributed by atoms with van der Waals surface area (Å²) >= 11 is 7.74. The molecule has 0 N–H and O–H groups in total. The summed E-state index contributed by atoms with van der Waals surface area (Å²) in [5.74, 6) is 0. The Bertz CT molecular complexity index is 2720. The number of fused-ring (bicyclic) bond motifs is 14. The molecule has 0 bridgehead atoms. The van der Waals surface area contributed by atoms with Gasteiger partial charge in [-0.1, -0.05) is 35.9 Å². The van der Waals surface area contributed by atoms with Crippen LogP contribution in [0, 0.1) is 20.8 Å². The molecule has 6 aromatic heterocycles. The molecular formula is C35H21NOS4. The van der Waals surface area contributed by atoms with E-state index >= 15 is 0 Å². The van der Waals surface area contributed by atoms with E-state index in [1.165, 1.54) is 92.6 Å². The maximum atomic E-state index is 6.63. The molecule has 4 aromatic carbocycles. The molecule has 41 heavy (non-hydrogen) atoms. The molecule has 196 valence electrons. The second kappa shape index (κ2) is 7.78. The quantitative estimate of drug-likeness (QED) is 0.184. The van der Waals surface area contributed by atoms with Crippen LogP contribution in [0.3, 0.4) is 0 Å². The van der Waals surface area contributed by atoms with E-state index in [4.69, 9.17) is 4.42 Å². The molecule has 0 saturated heterocycles. The van der Waals surface area contributed by atoms with E-state index in [9.17, 15) is 0 Å². The molecule has 0 aliphatic carbocycles. The highest BCUT2D eigenvalue weighted by Gasteiger charge is 2.25. The largest absolute Gasteiger partial charge is 0.453 e. The van der Waals surface area contributed by atoms with E-state index in [1.807, 2.05) is 45.3 Å². The zero-order valence-corrected chi connectivity index (χ0v) is 25.7. The minimum Gasteiger partial charge on any atom is -0.453 e. The van der Waals surface area contributed by atoms with Gasteiger partial charge in [0.2, 0.25) is 0 Å². The summed E-state index contributed by atoms with van der Waals surface area (Å²) < 4.78 is 20.1. The lowest BCUT2D eigenvalue weighted by molar-refractivity contribution is 0.673. The van der Waals surface area contributed by atoms with Crippen molar-refractivity contribution in [2.75, 3.05) is 0 Å². The maximum Gasteiger partial charge on any atom is 0.171 e. The molecule has 0 atom stereocenters. The summed E-state index contributed by atoms with van der Waals surface area (Å²) in [6.07, 6.45) is 0. The van der Waals surface area contributed by atoms with Gasteiger partial charge < -0.3 is 8.98 Å². The number of furan rings is 1. The highest BCUT2D eigenvalue weighted by atomic mass is 32.1. The van der Waals surface area contributed by atoms with Gasteiger partial charge in [0.1, 0.15) is 11.1 Å². The fraction of sp³-hybridized carbons (Fsp3) is 0.0857. The van der Waals surface area contributed by atoms with Crippen LogP contribution in [0.15, 0.2) is 77.2 Å². The third-order valence-electron chi connectivity index (χ3n) is 8.40. The topological polar surface area (TPSA) is 18.1 Å². The molecule has 0 aliphatic rings. The van der Waals surface area contributed by atoms with Crippen LogP contribution in [0.2, 0.25) is 0 Å². The molecule has 0 aliphatic heterocycles. The van der Waals surface area contributed by atoms with Gasteiger partial charge in [0.25, 0.3) is 0 Å². The normalized spacial score (nSPS) is 12.8. The van der Waals surface area contributed by atoms with Gasteiger partial charge in [0.05, 0.1) is 29.0 Å². The van der Waals surface area contributed by atoms with Crippen molar-refractivity contribution in [3.63, 3.8) is 0 Å². The number of aromatic nitrogens is 1. The first-order valence-electron chi connectivity index (χ1n) is 13.7. The SMILES string of the molecule is Cc1ccc(-n2c3c4ccc(C)cc4oc3c3sc4cc5c(cc4c32)sc2c5sc3c4ccc(C)cc4sc32)cc1. The highest BCUT2D eigenvalue weighted by molar-refractivity contribution is 7.43. The van der Waals surface area contributed by atoms with E-state index in [0.717, 1.165) is 11.2 Å². The van der Waals surface area contributed by atoms with Crippen LogP contribution >= 0.6 is 45.3 Å². The first-order chi connectivity index (χ1) is 20.0. The van der Waals surface area contributed by atoms with E-state index in [2.05, 4.69) is 98.1 Å². The molecule has 0 spiro atoms. The summed E-state index contributed by atoms with van der Waals surface area (Å²) in [4.78, 5) is 0. The van der Waals surface area contributed by atoms with Gasteiger partial charge in [-0.25, -0.2) is 0 Å². The molecule has 0 unspecified atom stereocenters. The van der Waals surface area contributed by atoms with E-state index in [0.29, 0.717) is 0 Å². The average molecular weight is 600 g/mol. The zero-order valence-electron chi connectivity index (χ0n) is 22.4. The van der Waals surface area contributed by atoms with Crippen LogP contribution in [-0.2, 0) is 0 Å². The molecule has 6 heteroatoms. The van der Waals surface area contributed by atoms with E-state index < -0.39 is 0 Å². The number of benzene rings is 4. The number of hydrogen-bond donors (Lipinski definition) is 0. The van der Waals surface area contributed by atoms with Crippen molar-refractivity contribution in [3.05, 3.63) is 89.5 Å². The fourth-order valence-electron chi connectivity index (χ4n) is 6.44. The maximum absolute atomic E-state index is 6.63. The predicted molar refractivity (Wildman–Crippen MR) is 184 cm³/mol. The summed E-state index contributed by atoms with van der Waals surface area (Å²) in [6, 6.07) is 27.2. The molecule has 6 heterocycles. The van der Waals surface area contributed by atoms with Crippen LogP contribution in [0.1, 0.15) is 16.7 Å². The van der Waals surface area contributed by atoms with E-state index in [-0.39, 0.29) is 0 Å². The molecule has 0 radical (unpaired) electrons. The van der Waals surface area contributed by atoms with Crippen LogP contribution in [0.4, 0.5) is 0 Å². The van der Waals surface area contributed by atoms with E-state index in [1.54, 1.807) is 0 Å². The van der Waals surface area contributed by atoms with Gasteiger partial charge in [-0.2, -0.15) is 0 Å². The van der Waals surface area contributed by atoms with Gasteiger partial charge in [-0.05, 0) is 74.4 Å². The number of nitrogens with zero attached hydrogens (tertiary/aromatic N) is 1. The first-order valence-corrected chi connectivity index (χ1v) is 16.9. The highest BCUT2D eigenvalue weighted by Crippen LogP contribution is 2.52. The third-order valence-corrected chi connectivity index (χ3v) is 13.5. The Labute approximate surface area is 250 Å². The molecule has 10 rings (SSSR count). The summed E-state index contributed by atoms with van der Waals surface area (Å²) in [6.45, 7) is 6.46. The van der Waals surface area contributed by atoms with Gasteiger partial charge in [0, 0.05) is 41.3 Å². The molecular weight excluding hydrogens is 579 g/mol. The van der Waals surface area contributed by atoms with Gasteiger partial charge >= 0.3 is 0 Å². The minimum absolute atomic E-state index is 0.957. The number of thiophene rings is 4. The Balaban J connectivity index is 1.33. The van der Waals surface area contributed by atoms with Crippen LogP contribution in [-0.4, -0.2) is 4.57 Å². The summed E-state index contributed by atoms with van der Waals surface area (Å²) in [5.41, 5.74) is 9.35. The van der Waals surface area contributed by atoms with Crippen molar-refractivity contribution < 1.29 is 4.42 Å². The number of hydrogen-bond acceptors (Lipinski definition) is 5. The summed E-state index contributed by atoms with van der Waals surface area (Å²) in [5, 5.41) is 5.26. The lowest BCUT2D eigenvalue weighted by atomic mass is 10.1. The Morgan fingerprint density at radius 1 is 0.488 bits per heavy atom. The monoisotopic (exact) mass is 599 g/mol. The van der Waals surface area contributed by atoms with Crippen molar-refractivity contribution in [1.29, 1.82) is 0 Å². The van der Waals surface area contributed by atoms with Crippen molar-refractivity contribution in [3.8, 4) is 5.69 Å². The number of rotatable bonds is 1. The smallest absolute Gasteiger partial charge is 0.171 e. The third kappa shape index (κ3) is 2.96. The van der Waals surface area contributed by atoms with Crippen molar-refractivity contribution in [2.45, 2.75) is 20.8 Å². The second-order valence-corrected chi connectivity index (χ2v) is 15.4.